The number of carbonyl (C=O) groups is 1. The lowest BCUT2D eigenvalue weighted by Gasteiger charge is -2.44. The largest absolute Gasteiger partial charge is 0.369 e. The highest BCUT2D eigenvalue weighted by Crippen LogP contribution is 2.34. The molecule has 2 N–H and O–H groups in total. The lowest BCUT2D eigenvalue weighted by Crippen LogP contribution is -2.48. The van der Waals surface area contributed by atoms with Gasteiger partial charge in [0, 0.05) is 37.1 Å². The van der Waals surface area contributed by atoms with Crippen LogP contribution in [0.4, 0.5) is 0 Å². The zero-order chi connectivity index (χ0) is 20.7. The Morgan fingerprint density at radius 1 is 1.17 bits per heavy atom. The fraction of sp³-hybridized carbons (Fsp3) is 0.583. The summed E-state index contributed by atoms with van der Waals surface area (Å²) in [6, 6.07) is 9.09. The van der Waals surface area contributed by atoms with Crippen molar-refractivity contribution in [1.82, 2.24) is 14.5 Å². The number of primary amides is 1. The molecule has 0 bridgehead atoms. The molecule has 0 spiro atoms. The SMILES string of the molecule is CC(C)(c1ccc(CC(N)=O)cc1)N(CCCn1ccnc1)C1CCCCCC1. The van der Waals surface area contributed by atoms with E-state index in [0.717, 1.165) is 25.1 Å². The number of imidazole rings is 1. The van der Waals surface area contributed by atoms with E-state index in [1.165, 1.54) is 44.1 Å². The molecule has 158 valence electrons. The Bertz CT molecular complexity index is 744. The van der Waals surface area contributed by atoms with Gasteiger partial charge in [-0.3, -0.25) is 9.69 Å². The molecule has 0 unspecified atom stereocenters. The van der Waals surface area contributed by atoms with Crippen LogP contribution in [-0.2, 0) is 23.3 Å². The Morgan fingerprint density at radius 3 is 2.45 bits per heavy atom. The lowest BCUT2D eigenvalue weighted by molar-refractivity contribution is -0.117. The molecule has 1 aliphatic carbocycles. The van der Waals surface area contributed by atoms with Crippen LogP contribution in [0.2, 0.25) is 0 Å². The molecule has 1 fully saturated rings. The molecule has 1 heterocycles. The molecule has 0 radical (unpaired) electrons. The zero-order valence-corrected chi connectivity index (χ0v) is 18.0. The molecule has 2 aromatic rings. The number of hydrogen-bond donors (Lipinski definition) is 1. The third-order valence-electron chi connectivity index (χ3n) is 6.40. The van der Waals surface area contributed by atoms with Gasteiger partial charge in [0.25, 0.3) is 0 Å². The summed E-state index contributed by atoms with van der Waals surface area (Å²) in [7, 11) is 0. The molecule has 3 rings (SSSR count). The van der Waals surface area contributed by atoms with Gasteiger partial charge < -0.3 is 10.3 Å². The van der Waals surface area contributed by atoms with Gasteiger partial charge in [-0.05, 0) is 44.2 Å². The number of nitrogens with zero attached hydrogens (tertiary/aromatic N) is 3. The van der Waals surface area contributed by atoms with Crippen LogP contribution in [0.5, 0.6) is 0 Å². The van der Waals surface area contributed by atoms with Gasteiger partial charge in [-0.15, -0.1) is 0 Å². The number of aromatic nitrogens is 2. The van der Waals surface area contributed by atoms with Crippen molar-refractivity contribution in [3.63, 3.8) is 0 Å². The van der Waals surface area contributed by atoms with E-state index in [9.17, 15) is 4.79 Å². The first-order valence-electron chi connectivity index (χ1n) is 11.1. The molecular weight excluding hydrogens is 360 g/mol. The van der Waals surface area contributed by atoms with Crippen molar-refractivity contribution in [3.05, 3.63) is 54.1 Å². The first-order chi connectivity index (χ1) is 14.0. The van der Waals surface area contributed by atoms with Crippen LogP contribution < -0.4 is 5.73 Å². The Morgan fingerprint density at radius 2 is 1.86 bits per heavy atom. The van der Waals surface area contributed by atoms with Crippen molar-refractivity contribution in [2.45, 2.75) is 83.3 Å². The molecule has 1 saturated carbocycles. The predicted octanol–water partition coefficient (Wildman–Crippen LogP) is 4.26. The van der Waals surface area contributed by atoms with Gasteiger partial charge in [0.1, 0.15) is 0 Å². The minimum Gasteiger partial charge on any atom is -0.369 e. The van der Waals surface area contributed by atoms with Gasteiger partial charge in [-0.2, -0.15) is 0 Å². The predicted molar refractivity (Wildman–Crippen MR) is 117 cm³/mol. The highest BCUT2D eigenvalue weighted by Gasteiger charge is 2.33. The van der Waals surface area contributed by atoms with Crippen LogP contribution in [0.25, 0.3) is 0 Å². The summed E-state index contributed by atoms with van der Waals surface area (Å²) in [5.41, 5.74) is 7.58. The molecule has 1 aliphatic rings. The summed E-state index contributed by atoms with van der Waals surface area (Å²) in [5, 5.41) is 0. The molecule has 1 aromatic heterocycles. The molecule has 0 aliphatic heterocycles. The highest BCUT2D eigenvalue weighted by atomic mass is 16.1. The number of benzene rings is 1. The molecule has 5 nitrogen and oxygen atoms in total. The van der Waals surface area contributed by atoms with Gasteiger partial charge >= 0.3 is 0 Å². The first kappa shape index (κ1) is 21.6. The average Bonchev–Trinajstić information content (AvgIpc) is 3.06. The van der Waals surface area contributed by atoms with Crippen LogP contribution >= 0.6 is 0 Å². The summed E-state index contributed by atoms with van der Waals surface area (Å²) < 4.78 is 2.16. The number of aryl methyl sites for hydroxylation is 1. The number of amides is 1. The fourth-order valence-corrected chi connectivity index (χ4v) is 4.73. The van der Waals surface area contributed by atoms with Gasteiger partial charge in [0.15, 0.2) is 0 Å². The number of carbonyl (C=O) groups excluding carboxylic acids is 1. The standard InChI is InChI=1S/C24H36N4O/c1-24(2,21-12-10-20(11-13-21)18-23(25)29)28(22-8-5-3-4-6-9-22)16-7-15-27-17-14-26-19-27/h10-14,17,19,22H,3-9,15-16,18H2,1-2H3,(H2,25,29). The second-order valence-electron chi connectivity index (χ2n) is 8.89. The Kier molecular flexibility index (Phi) is 7.48. The summed E-state index contributed by atoms with van der Waals surface area (Å²) in [4.78, 5) is 18.1. The third kappa shape index (κ3) is 5.92. The van der Waals surface area contributed by atoms with Gasteiger partial charge in [-0.1, -0.05) is 49.9 Å². The number of nitrogens with two attached hydrogens (primary N) is 1. The van der Waals surface area contributed by atoms with Crippen molar-refractivity contribution in [2.24, 2.45) is 5.73 Å². The minimum absolute atomic E-state index is 0.0603. The third-order valence-corrected chi connectivity index (χ3v) is 6.40. The Balaban J connectivity index is 1.76. The molecule has 0 atom stereocenters. The maximum absolute atomic E-state index is 11.2. The summed E-state index contributed by atoms with van der Waals surface area (Å²) in [5.74, 6) is -0.281. The fourth-order valence-electron chi connectivity index (χ4n) is 4.73. The van der Waals surface area contributed by atoms with E-state index in [0.29, 0.717) is 12.5 Å². The van der Waals surface area contributed by atoms with E-state index in [2.05, 4.69) is 52.6 Å². The molecule has 1 amide bonds. The molecule has 1 aromatic carbocycles. The topological polar surface area (TPSA) is 64.2 Å². The maximum Gasteiger partial charge on any atom is 0.221 e. The van der Waals surface area contributed by atoms with Crippen LogP contribution in [0.1, 0.15) is 69.9 Å². The van der Waals surface area contributed by atoms with Crippen LogP contribution in [0.15, 0.2) is 43.0 Å². The smallest absolute Gasteiger partial charge is 0.221 e. The van der Waals surface area contributed by atoms with Crippen LogP contribution in [-0.4, -0.2) is 32.9 Å². The normalized spacial score (nSPS) is 16.1. The van der Waals surface area contributed by atoms with E-state index in [4.69, 9.17) is 5.73 Å². The second kappa shape index (κ2) is 10.1. The highest BCUT2D eigenvalue weighted by molar-refractivity contribution is 5.76. The maximum atomic E-state index is 11.2. The van der Waals surface area contributed by atoms with Crippen LogP contribution in [0.3, 0.4) is 0 Å². The summed E-state index contributed by atoms with van der Waals surface area (Å²) in [6.45, 7) is 6.76. The van der Waals surface area contributed by atoms with Crippen molar-refractivity contribution in [3.8, 4) is 0 Å². The van der Waals surface area contributed by atoms with Crippen molar-refractivity contribution in [2.75, 3.05) is 6.54 Å². The van der Waals surface area contributed by atoms with E-state index in [-0.39, 0.29) is 11.4 Å². The van der Waals surface area contributed by atoms with E-state index < -0.39 is 0 Å². The number of hydrogen-bond acceptors (Lipinski definition) is 3. The summed E-state index contributed by atoms with van der Waals surface area (Å²) >= 11 is 0. The Labute approximate surface area is 175 Å². The monoisotopic (exact) mass is 396 g/mol. The molecule has 0 saturated heterocycles. The van der Waals surface area contributed by atoms with E-state index in [1.807, 2.05) is 18.7 Å². The van der Waals surface area contributed by atoms with E-state index in [1.54, 1.807) is 0 Å². The minimum atomic E-state index is -0.281. The lowest BCUT2D eigenvalue weighted by atomic mass is 9.88. The van der Waals surface area contributed by atoms with Gasteiger partial charge in [0.05, 0.1) is 12.7 Å². The van der Waals surface area contributed by atoms with Gasteiger partial charge in [0.2, 0.25) is 5.91 Å². The van der Waals surface area contributed by atoms with E-state index >= 15 is 0 Å². The van der Waals surface area contributed by atoms with Crippen molar-refractivity contribution in [1.29, 1.82) is 0 Å². The zero-order valence-electron chi connectivity index (χ0n) is 18.0. The molecule has 29 heavy (non-hydrogen) atoms. The van der Waals surface area contributed by atoms with Crippen molar-refractivity contribution < 1.29 is 4.79 Å². The first-order valence-corrected chi connectivity index (χ1v) is 11.1. The molecular formula is C24H36N4O. The average molecular weight is 397 g/mol. The quantitative estimate of drug-likeness (QED) is 0.644. The Hall–Kier alpha value is -2.14. The number of rotatable bonds is 9. The van der Waals surface area contributed by atoms with Crippen LogP contribution in [0, 0.1) is 0 Å². The van der Waals surface area contributed by atoms with Gasteiger partial charge in [-0.25, -0.2) is 4.98 Å². The summed E-state index contributed by atoms with van der Waals surface area (Å²) in [6.07, 6.45) is 15.2. The second-order valence-corrected chi connectivity index (χ2v) is 8.89. The molecule has 5 heteroatoms. The van der Waals surface area contributed by atoms with Crippen molar-refractivity contribution >= 4 is 5.91 Å².